The number of carbonyl (C=O) groups excluding carboxylic acids is 1. The molecule has 0 aliphatic heterocycles. The van der Waals surface area contributed by atoms with Crippen LogP contribution < -0.4 is 16.0 Å². The molecule has 0 heterocycles. The molecule has 0 radical (unpaired) electrons. The topological polar surface area (TPSA) is 53.2 Å². The van der Waals surface area contributed by atoms with E-state index < -0.39 is 0 Å². The Kier molecular flexibility index (Phi) is 8.49. The molecular formula is C22H26Cl3N3O. The minimum absolute atomic E-state index is 0.190. The van der Waals surface area contributed by atoms with Crippen molar-refractivity contribution in [2.24, 2.45) is 0 Å². The van der Waals surface area contributed by atoms with E-state index in [2.05, 4.69) is 16.0 Å². The lowest BCUT2D eigenvalue weighted by molar-refractivity contribution is 0.251. The number of nitrogens with one attached hydrogen (secondary N) is 3. The third-order valence-electron chi connectivity index (χ3n) is 5.25. The second kappa shape index (κ2) is 11.1. The van der Waals surface area contributed by atoms with E-state index >= 15 is 0 Å². The Morgan fingerprint density at radius 1 is 0.966 bits per heavy atom. The zero-order valence-electron chi connectivity index (χ0n) is 16.2. The van der Waals surface area contributed by atoms with E-state index in [-0.39, 0.29) is 11.9 Å². The summed E-state index contributed by atoms with van der Waals surface area (Å²) in [7, 11) is 0. The van der Waals surface area contributed by atoms with Crippen LogP contribution in [0.5, 0.6) is 0 Å². The summed E-state index contributed by atoms with van der Waals surface area (Å²) >= 11 is 18.0. The molecule has 0 bridgehead atoms. The van der Waals surface area contributed by atoms with Gasteiger partial charge >= 0.3 is 6.03 Å². The van der Waals surface area contributed by atoms with Crippen LogP contribution in [0.3, 0.4) is 0 Å². The van der Waals surface area contributed by atoms with Gasteiger partial charge < -0.3 is 16.0 Å². The van der Waals surface area contributed by atoms with Gasteiger partial charge in [-0.3, -0.25) is 0 Å². The maximum absolute atomic E-state index is 12.4. The Hall–Kier alpha value is -1.46. The molecule has 2 aromatic carbocycles. The first-order chi connectivity index (χ1) is 14.0. The molecule has 7 heteroatoms. The van der Waals surface area contributed by atoms with Gasteiger partial charge in [0.2, 0.25) is 0 Å². The molecule has 3 N–H and O–H groups in total. The smallest absolute Gasteiger partial charge is 0.319 e. The first-order valence-electron chi connectivity index (χ1n) is 9.99. The molecule has 1 saturated carbocycles. The first-order valence-corrected chi connectivity index (χ1v) is 11.1. The SMILES string of the molecule is O=C(NCC(CCNC1CCCC1)c1ccc(Cl)cc1)Nc1cc(Cl)cc(Cl)c1. The number of hydrogen-bond acceptors (Lipinski definition) is 2. The van der Waals surface area contributed by atoms with Crippen LogP contribution in [-0.4, -0.2) is 25.2 Å². The summed E-state index contributed by atoms with van der Waals surface area (Å²) in [5.41, 5.74) is 1.72. The van der Waals surface area contributed by atoms with E-state index in [1.165, 1.54) is 25.7 Å². The van der Waals surface area contributed by atoms with E-state index in [1.54, 1.807) is 18.2 Å². The van der Waals surface area contributed by atoms with Crippen molar-refractivity contribution in [2.45, 2.75) is 44.1 Å². The molecule has 1 aliphatic rings. The van der Waals surface area contributed by atoms with E-state index in [4.69, 9.17) is 34.8 Å². The Balaban J connectivity index is 1.56. The van der Waals surface area contributed by atoms with Crippen LogP contribution in [0.15, 0.2) is 42.5 Å². The first kappa shape index (κ1) is 22.2. The van der Waals surface area contributed by atoms with Crippen LogP contribution >= 0.6 is 34.8 Å². The summed E-state index contributed by atoms with van der Waals surface area (Å²) in [6.07, 6.45) is 6.07. The molecule has 2 aromatic rings. The minimum atomic E-state index is -0.286. The highest BCUT2D eigenvalue weighted by Crippen LogP contribution is 2.24. The lowest BCUT2D eigenvalue weighted by Gasteiger charge is -2.20. The Labute approximate surface area is 187 Å². The minimum Gasteiger partial charge on any atom is -0.337 e. The highest BCUT2D eigenvalue weighted by atomic mass is 35.5. The second-order valence-corrected chi connectivity index (χ2v) is 8.78. The maximum Gasteiger partial charge on any atom is 0.319 e. The predicted molar refractivity (Wildman–Crippen MR) is 123 cm³/mol. The largest absolute Gasteiger partial charge is 0.337 e. The highest BCUT2D eigenvalue weighted by Gasteiger charge is 2.17. The van der Waals surface area contributed by atoms with E-state index in [0.717, 1.165) is 18.5 Å². The van der Waals surface area contributed by atoms with Crippen LogP contribution in [0.4, 0.5) is 10.5 Å². The molecule has 29 heavy (non-hydrogen) atoms. The van der Waals surface area contributed by atoms with Crippen molar-refractivity contribution in [3.05, 3.63) is 63.1 Å². The van der Waals surface area contributed by atoms with Crippen molar-refractivity contribution in [1.82, 2.24) is 10.6 Å². The molecule has 4 nitrogen and oxygen atoms in total. The molecule has 1 atom stereocenters. The third kappa shape index (κ3) is 7.38. The zero-order valence-corrected chi connectivity index (χ0v) is 18.5. The van der Waals surface area contributed by atoms with Gasteiger partial charge in [0.25, 0.3) is 0 Å². The fourth-order valence-corrected chi connectivity index (χ4v) is 4.38. The number of benzene rings is 2. The van der Waals surface area contributed by atoms with Gasteiger partial charge in [0.05, 0.1) is 0 Å². The number of hydrogen-bond donors (Lipinski definition) is 3. The maximum atomic E-state index is 12.4. The van der Waals surface area contributed by atoms with Crippen LogP contribution in [0, 0.1) is 0 Å². The number of carbonyl (C=O) groups is 1. The summed E-state index contributed by atoms with van der Waals surface area (Å²) in [4.78, 5) is 12.4. The number of rotatable bonds is 8. The lowest BCUT2D eigenvalue weighted by Crippen LogP contribution is -2.34. The van der Waals surface area contributed by atoms with Gasteiger partial charge in [-0.05, 0) is 61.7 Å². The van der Waals surface area contributed by atoms with Gasteiger partial charge in [-0.1, -0.05) is 59.8 Å². The molecule has 1 unspecified atom stereocenters. The van der Waals surface area contributed by atoms with E-state index in [0.29, 0.717) is 33.3 Å². The van der Waals surface area contributed by atoms with Crippen molar-refractivity contribution in [1.29, 1.82) is 0 Å². The normalized spacial score (nSPS) is 15.3. The molecule has 0 spiro atoms. The quantitative estimate of drug-likeness (QED) is 0.428. The van der Waals surface area contributed by atoms with Crippen molar-refractivity contribution in [2.75, 3.05) is 18.4 Å². The number of anilines is 1. The van der Waals surface area contributed by atoms with Crippen LogP contribution in [0.25, 0.3) is 0 Å². The molecular weight excluding hydrogens is 429 g/mol. The van der Waals surface area contributed by atoms with Gasteiger partial charge in [-0.15, -0.1) is 0 Å². The van der Waals surface area contributed by atoms with Gasteiger partial charge in [0, 0.05) is 39.3 Å². The molecule has 156 valence electrons. The van der Waals surface area contributed by atoms with Gasteiger partial charge in [-0.25, -0.2) is 4.79 Å². The zero-order chi connectivity index (χ0) is 20.6. The fourth-order valence-electron chi connectivity index (χ4n) is 3.73. The molecule has 0 saturated heterocycles. The van der Waals surface area contributed by atoms with Gasteiger partial charge in [0.1, 0.15) is 0 Å². The Bertz CT molecular complexity index is 787. The summed E-state index contributed by atoms with van der Waals surface area (Å²) in [5, 5.41) is 11.1. The predicted octanol–water partition coefficient (Wildman–Crippen LogP) is 6.47. The molecule has 1 aliphatic carbocycles. The Morgan fingerprint density at radius 3 is 2.28 bits per heavy atom. The average Bonchev–Trinajstić information content (AvgIpc) is 3.18. The van der Waals surface area contributed by atoms with E-state index in [9.17, 15) is 4.79 Å². The number of amides is 2. The summed E-state index contributed by atoms with van der Waals surface area (Å²) in [5.74, 6) is 0.190. The van der Waals surface area contributed by atoms with Crippen molar-refractivity contribution in [3.63, 3.8) is 0 Å². The van der Waals surface area contributed by atoms with E-state index in [1.807, 2.05) is 24.3 Å². The summed E-state index contributed by atoms with van der Waals surface area (Å²) < 4.78 is 0. The molecule has 2 amide bonds. The fraction of sp³-hybridized carbons (Fsp3) is 0.409. The van der Waals surface area contributed by atoms with Gasteiger partial charge in [0.15, 0.2) is 0 Å². The monoisotopic (exact) mass is 453 g/mol. The molecule has 1 fully saturated rings. The Morgan fingerprint density at radius 2 is 1.62 bits per heavy atom. The van der Waals surface area contributed by atoms with Crippen LogP contribution in [0.1, 0.15) is 43.6 Å². The average molecular weight is 455 g/mol. The lowest BCUT2D eigenvalue weighted by atomic mass is 9.95. The van der Waals surface area contributed by atoms with Crippen molar-refractivity contribution >= 4 is 46.5 Å². The van der Waals surface area contributed by atoms with Crippen LogP contribution in [-0.2, 0) is 0 Å². The van der Waals surface area contributed by atoms with Crippen molar-refractivity contribution < 1.29 is 4.79 Å². The third-order valence-corrected chi connectivity index (χ3v) is 5.94. The molecule has 0 aromatic heterocycles. The number of halogens is 3. The number of urea groups is 1. The summed E-state index contributed by atoms with van der Waals surface area (Å²) in [6, 6.07) is 13.1. The standard InChI is InChI=1S/C22H26Cl3N3O/c23-17-7-5-15(6-8-17)16(9-10-26-20-3-1-2-4-20)14-27-22(29)28-21-12-18(24)11-19(25)13-21/h5-8,11-13,16,20,26H,1-4,9-10,14H2,(H2,27,28,29). The summed E-state index contributed by atoms with van der Waals surface area (Å²) in [6.45, 7) is 1.44. The van der Waals surface area contributed by atoms with Crippen LogP contribution in [0.2, 0.25) is 15.1 Å². The molecule has 3 rings (SSSR count). The second-order valence-electron chi connectivity index (χ2n) is 7.47. The highest BCUT2D eigenvalue weighted by molar-refractivity contribution is 6.35. The van der Waals surface area contributed by atoms with Gasteiger partial charge in [-0.2, -0.15) is 0 Å². The van der Waals surface area contributed by atoms with Crippen molar-refractivity contribution in [3.8, 4) is 0 Å².